The summed E-state index contributed by atoms with van der Waals surface area (Å²) in [6.07, 6.45) is 3.63. The number of anilines is 2. The van der Waals surface area contributed by atoms with Gasteiger partial charge in [-0.05, 0) is 43.1 Å². The Morgan fingerprint density at radius 2 is 2.20 bits per heavy atom. The monoisotopic (exact) mass is 298 g/mol. The number of rotatable bonds is 4. The van der Waals surface area contributed by atoms with Gasteiger partial charge in [-0.2, -0.15) is 4.37 Å². The smallest absolute Gasteiger partial charge is 0.257 e. The normalized spacial score (nSPS) is 26.2. The Balaban J connectivity index is 2.02. The lowest BCUT2D eigenvalue weighted by Gasteiger charge is -2.35. The van der Waals surface area contributed by atoms with Crippen molar-refractivity contribution in [2.24, 2.45) is 5.92 Å². The van der Waals surface area contributed by atoms with Crippen molar-refractivity contribution in [3.63, 3.8) is 0 Å². The predicted molar refractivity (Wildman–Crippen MR) is 81.0 cm³/mol. The number of hydrogen-bond acceptors (Lipinski definition) is 6. The highest BCUT2D eigenvalue weighted by Crippen LogP contribution is 2.33. The quantitative estimate of drug-likeness (QED) is 0.674. The number of aromatic nitrogens is 1. The van der Waals surface area contributed by atoms with Gasteiger partial charge in [0.25, 0.3) is 5.91 Å². The van der Waals surface area contributed by atoms with Crippen LogP contribution in [0.3, 0.4) is 0 Å². The molecule has 2 rings (SSSR count). The van der Waals surface area contributed by atoms with Gasteiger partial charge in [-0.25, -0.2) is 0 Å². The molecule has 0 aromatic carbocycles. The number of nitrogen functional groups attached to an aromatic ring is 1. The molecule has 0 unspecified atom stereocenters. The van der Waals surface area contributed by atoms with Gasteiger partial charge in [0.05, 0.1) is 5.60 Å². The average Bonchev–Trinajstić information content (AvgIpc) is 2.81. The van der Waals surface area contributed by atoms with Crippen molar-refractivity contribution >= 4 is 28.3 Å². The number of nitrogens with one attached hydrogen (secondary N) is 2. The number of nitrogens with zero attached hydrogens (tertiary/aromatic N) is 1. The van der Waals surface area contributed by atoms with Gasteiger partial charge < -0.3 is 21.5 Å². The summed E-state index contributed by atoms with van der Waals surface area (Å²) in [6, 6.07) is 0. The molecule has 1 aliphatic rings. The van der Waals surface area contributed by atoms with Crippen LogP contribution in [0.4, 0.5) is 10.8 Å². The first-order valence-electron chi connectivity index (χ1n) is 6.88. The van der Waals surface area contributed by atoms with Gasteiger partial charge in [-0.3, -0.25) is 4.79 Å². The Morgan fingerprint density at radius 1 is 1.55 bits per heavy atom. The fraction of sp³-hybridized carbons (Fsp3) is 0.692. The van der Waals surface area contributed by atoms with E-state index in [9.17, 15) is 9.90 Å². The Bertz CT molecular complexity index is 481. The van der Waals surface area contributed by atoms with Crippen LogP contribution >= 0.6 is 11.5 Å². The topological polar surface area (TPSA) is 100 Å². The van der Waals surface area contributed by atoms with E-state index < -0.39 is 5.60 Å². The highest BCUT2D eigenvalue weighted by atomic mass is 32.1. The highest BCUT2D eigenvalue weighted by molar-refractivity contribution is 7.11. The molecule has 0 atom stereocenters. The minimum Gasteiger partial charge on any atom is -0.388 e. The third-order valence-corrected chi connectivity index (χ3v) is 4.77. The summed E-state index contributed by atoms with van der Waals surface area (Å²) < 4.78 is 4.00. The summed E-state index contributed by atoms with van der Waals surface area (Å²) in [5.74, 6) is 0.639. The summed E-state index contributed by atoms with van der Waals surface area (Å²) in [5.41, 5.74) is 5.38. The van der Waals surface area contributed by atoms with E-state index in [1.165, 1.54) is 0 Å². The van der Waals surface area contributed by atoms with Crippen LogP contribution in [-0.4, -0.2) is 34.6 Å². The summed E-state index contributed by atoms with van der Waals surface area (Å²) in [4.78, 5) is 11.8. The van der Waals surface area contributed by atoms with Crippen LogP contribution in [0, 0.1) is 5.92 Å². The van der Waals surface area contributed by atoms with Gasteiger partial charge in [0.2, 0.25) is 0 Å². The van der Waals surface area contributed by atoms with Crippen molar-refractivity contribution in [3.05, 3.63) is 5.56 Å². The van der Waals surface area contributed by atoms with E-state index >= 15 is 0 Å². The molecule has 1 aliphatic carbocycles. The Labute approximate surface area is 122 Å². The van der Waals surface area contributed by atoms with Crippen molar-refractivity contribution in [3.8, 4) is 0 Å². The molecule has 6 nitrogen and oxygen atoms in total. The summed E-state index contributed by atoms with van der Waals surface area (Å²) in [7, 11) is 1.55. The van der Waals surface area contributed by atoms with Crippen LogP contribution in [-0.2, 0) is 0 Å². The lowest BCUT2D eigenvalue weighted by atomic mass is 9.79. The minimum atomic E-state index is -0.703. The fourth-order valence-corrected chi connectivity index (χ4v) is 3.19. The molecule has 1 aromatic heterocycles. The molecule has 0 aliphatic heterocycles. The molecule has 1 heterocycles. The molecule has 1 amide bonds. The molecule has 7 heteroatoms. The summed E-state index contributed by atoms with van der Waals surface area (Å²) >= 11 is 1.15. The van der Waals surface area contributed by atoms with E-state index in [1.807, 2.05) is 0 Å². The highest BCUT2D eigenvalue weighted by Gasteiger charge is 2.32. The van der Waals surface area contributed by atoms with Crippen molar-refractivity contribution in [2.45, 2.75) is 38.2 Å². The molecule has 5 N–H and O–H groups in total. The largest absolute Gasteiger partial charge is 0.388 e. The molecule has 0 radical (unpaired) electrons. The van der Waals surface area contributed by atoms with E-state index in [1.54, 1.807) is 7.05 Å². The van der Waals surface area contributed by atoms with Crippen molar-refractivity contribution in [1.82, 2.24) is 9.69 Å². The maximum atomic E-state index is 11.8. The Kier molecular flexibility index (Phi) is 4.49. The van der Waals surface area contributed by atoms with Gasteiger partial charge in [0.15, 0.2) is 5.82 Å². The third-order valence-electron chi connectivity index (χ3n) is 3.96. The molecule has 1 saturated carbocycles. The van der Waals surface area contributed by atoms with Crippen LogP contribution in [0.25, 0.3) is 0 Å². The molecule has 0 saturated heterocycles. The molecule has 1 aromatic rings. The van der Waals surface area contributed by atoms with Crippen LogP contribution in [0.1, 0.15) is 43.0 Å². The first-order valence-corrected chi connectivity index (χ1v) is 7.66. The third kappa shape index (κ3) is 3.21. The molecule has 1 fully saturated rings. The van der Waals surface area contributed by atoms with E-state index in [2.05, 4.69) is 21.9 Å². The molecular weight excluding hydrogens is 276 g/mol. The Morgan fingerprint density at radius 3 is 2.80 bits per heavy atom. The van der Waals surface area contributed by atoms with Crippen molar-refractivity contribution in [1.29, 1.82) is 0 Å². The van der Waals surface area contributed by atoms with E-state index in [-0.39, 0.29) is 11.7 Å². The molecule has 0 spiro atoms. The average molecular weight is 298 g/mol. The number of hydrogen-bond donors (Lipinski definition) is 4. The van der Waals surface area contributed by atoms with Gasteiger partial charge >= 0.3 is 0 Å². The van der Waals surface area contributed by atoms with E-state index in [0.29, 0.717) is 23.0 Å². The van der Waals surface area contributed by atoms with Gasteiger partial charge in [0, 0.05) is 13.6 Å². The van der Waals surface area contributed by atoms with Crippen LogP contribution < -0.4 is 16.4 Å². The lowest BCUT2D eigenvalue weighted by molar-refractivity contribution is 0.00505. The SMILES string of the molecule is CNC(=O)c1c(N)nsc1NCC1(O)CCC(C)CC1. The van der Waals surface area contributed by atoms with Crippen LogP contribution in [0.5, 0.6) is 0 Å². The number of aliphatic hydroxyl groups is 1. The molecule has 0 bridgehead atoms. The zero-order valence-corrected chi connectivity index (χ0v) is 12.7. The summed E-state index contributed by atoms with van der Waals surface area (Å²) in [5, 5.41) is 16.8. The second kappa shape index (κ2) is 5.97. The van der Waals surface area contributed by atoms with Crippen molar-refractivity contribution < 1.29 is 9.90 Å². The standard InChI is InChI=1S/C13H22N4O2S/c1-8-3-5-13(19,6-4-8)7-16-12-9(11(18)15-2)10(14)17-20-12/h8,16,19H,3-7H2,1-2H3,(H2,14,17)(H,15,18). The van der Waals surface area contributed by atoms with E-state index in [4.69, 9.17) is 5.73 Å². The van der Waals surface area contributed by atoms with Crippen LogP contribution in [0.15, 0.2) is 0 Å². The zero-order valence-electron chi connectivity index (χ0n) is 11.9. The molecule has 112 valence electrons. The molecule has 20 heavy (non-hydrogen) atoms. The molecular formula is C13H22N4O2S. The van der Waals surface area contributed by atoms with Gasteiger partial charge in [-0.15, -0.1) is 0 Å². The predicted octanol–water partition coefficient (Wildman–Crippen LogP) is 1.44. The maximum Gasteiger partial charge on any atom is 0.257 e. The second-order valence-electron chi connectivity index (χ2n) is 5.61. The lowest BCUT2D eigenvalue weighted by Crippen LogP contribution is -2.40. The minimum absolute atomic E-state index is 0.223. The zero-order chi connectivity index (χ0) is 14.8. The second-order valence-corrected chi connectivity index (χ2v) is 6.38. The number of amides is 1. The van der Waals surface area contributed by atoms with E-state index in [0.717, 1.165) is 37.2 Å². The first-order chi connectivity index (χ1) is 9.45. The fourth-order valence-electron chi connectivity index (χ4n) is 2.49. The number of carbonyl (C=O) groups is 1. The Hall–Kier alpha value is -1.34. The maximum absolute atomic E-state index is 11.8. The number of carbonyl (C=O) groups excluding carboxylic acids is 1. The van der Waals surface area contributed by atoms with Crippen LogP contribution in [0.2, 0.25) is 0 Å². The first kappa shape index (κ1) is 15.1. The van der Waals surface area contributed by atoms with Gasteiger partial charge in [0.1, 0.15) is 10.6 Å². The number of nitrogens with two attached hydrogens (primary N) is 1. The van der Waals surface area contributed by atoms with Gasteiger partial charge in [-0.1, -0.05) is 6.92 Å². The summed E-state index contributed by atoms with van der Waals surface area (Å²) in [6.45, 7) is 2.63. The van der Waals surface area contributed by atoms with Crippen molar-refractivity contribution in [2.75, 3.05) is 24.6 Å².